The maximum Gasteiger partial charge on any atom is 0.245 e. The van der Waals surface area contributed by atoms with E-state index in [1.165, 1.54) is 11.8 Å². The van der Waals surface area contributed by atoms with Gasteiger partial charge in [-0.3, -0.25) is 9.69 Å². The Balaban J connectivity index is 1.38. The number of fused-ring (bicyclic) bond motifs is 5. The lowest BCUT2D eigenvalue weighted by Crippen LogP contribution is -2.35. The number of anilines is 2. The molecule has 1 aliphatic heterocycles. The van der Waals surface area contributed by atoms with E-state index >= 15 is 0 Å². The molecule has 3 aromatic carbocycles. The Morgan fingerprint density at radius 3 is 2.29 bits per heavy atom. The number of aromatic nitrogens is 4. The molecule has 8 heteroatoms. The topological polar surface area (TPSA) is 63.9 Å². The predicted octanol–water partition coefficient (Wildman–Crippen LogP) is 6.22. The van der Waals surface area contributed by atoms with Gasteiger partial charge in [-0.15, -0.1) is 10.2 Å². The third-order valence-electron chi connectivity index (χ3n) is 6.03. The van der Waals surface area contributed by atoms with Gasteiger partial charge in [0.05, 0.1) is 22.1 Å². The number of para-hydroxylation sites is 3. The highest BCUT2D eigenvalue weighted by Gasteiger charge is 2.33. The number of thioether (sulfide) groups is 1. The van der Waals surface area contributed by atoms with Crippen molar-refractivity contribution in [3.05, 3.63) is 72.8 Å². The molecule has 0 fully saturated rings. The number of nitrogens with zero attached hydrogens (tertiary/aromatic N) is 5. The molecule has 0 saturated carbocycles. The highest BCUT2D eigenvalue weighted by molar-refractivity contribution is 8.00. The van der Waals surface area contributed by atoms with Crippen molar-refractivity contribution in [2.45, 2.75) is 33.5 Å². The summed E-state index contributed by atoms with van der Waals surface area (Å²) in [6, 6.07) is 24.2. The zero-order chi connectivity index (χ0) is 23.2. The SMILES string of the molecule is CC[C@H](Sc1nnc2c3ccccc3n(C)c2n1)C(=O)N1c2ccccc2Sc2ccccc21. The Bertz CT molecular complexity index is 1520. The van der Waals surface area contributed by atoms with Crippen LogP contribution in [-0.4, -0.2) is 30.9 Å². The number of hydrogen-bond acceptors (Lipinski definition) is 6. The summed E-state index contributed by atoms with van der Waals surface area (Å²) in [4.78, 5) is 22.7. The summed E-state index contributed by atoms with van der Waals surface area (Å²) in [5.74, 6) is 0.0217. The molecule has 168 valence electrons. The van der Waals surface area contributed by atoms with Gasteiger partial charge in [-0.2, -0.15) is 0 Å². The van der Waals surface area contributed by atoms with E-state index < -0.39 is 0 Å². The van der Waals surface area contributed by atoms with Crippen molar-refractivity contribution >= 4 is 62.9 Å². The van der Waals surface area contributed by atoms with Crippen molar-refractivity contribution in [2.24, 2.45) is 7.05 Å². The molecule has 0 bridgehead atoms. The fourth-order valence-corrected chi connectivity index (χ4v) is 6.28. The molecule has 34 heavy (non-hydrogen) atoms. The first kappa shape index (κ1) is 21.2. The van der Waals surface area contributed by atoms with Crippen LogP contribution in [0.4, 0.5) is 11.4 Å². The van der Waals surface area contributed by atoms with Crippen LogP contribution in [0.5, 0.6) is 0 Å². The molecular weight excluding hydrogens is 462 g/mol. The standard InChI is InChI=1S/C26H21N5OS2/c1-3-20(34-26-27-24-23(28-29-26)16-10-4-5-11-17(16)30(24)2)25(32)31-18-12-6-8-14-21(18)33-22-15-9-7-13-19(22)31/h4-15,20H,3H2,1-2H3/t20-/m0/s1. The lowest BCUT2D eigenvalue weighted by molar-refractivity contribution is -0.117. The van der Waals surface area contributed by atoms with Crippen LogP contribution in [-0.2, 0) is 11.8 Å². The molecule has 1 atom stereocenters. The maximum absolute atomic E-state index is 13.9. The van der Waals surface area contributed by atoms with Crippen LogP contribution in [0.3, 0.4) is 0 Å². The van der Waals surface area contributed by atoms with Gasteiger partial charge in [0.25, 0.3) is 0 Å². The summed E-state index contributed by atoms with van der Waals surface area (Å²) in [5.41, 5.74) is 4.43. The number of amides is 1. The summed E-state index contributed by atoms with van der Waals surface area (Å²) >= 11 is 3.07. The van der Waals surface area contributed by atoms with Crippen molar-refractivity contribution in [3.8, 4) is 0 Å². The van der Waals surface area contributed by atoms with Gasteiger partial charge in [-0.05, 0) is 36.8 Å². The van der Waals surface area contributed by atoms with E-state index in [9.17, 15) is 4.79 Å². The van der Waals surface area contributed by atoms with Gasteiger partial charge in [-0.25, -0.2) is 4.98 Å². The minimum absolute atomic E-state index is 0.0217. The monoisotopic (exact) mass is 483 g/mol. The van der Waals surface area contributed by atoms with Crippen LogP contribution >= 0.6 is 23.5 Å². The molecule has 1 aliphatic rings. The molecule has 0 aliphatic carbocycles. The van der Waals surface area contributed by atoms with Crippen LogP contribution in [0.25, 0.3) is 22.1 Å². The molecule has 0 N–H and O–H groups in total. The summed E-state index contributed by atoms with van der Waals surface area (Å²) < 4.78 is 2.03. The summed E-state index contributed by atoms with van der Waals surface area (Å²) in [7, 11) is 1.98. The normalized spacial score (nSPS) is 13.6. The molecule has 3 heterocycles. The first-order valence-electron chi connectivity index (χ1n) is 11.1. The average molecular weight is 484 g/mol. The van der Waals surface area contributed by atoms with Gasteiger partial charge in [0.15, 0.2) is 5.65 Å². The molecular formula is C26H21N5OS2. The van der Waals surface area contributed by atoms with Gasteiger partial charge in [0.1, 0.15) is 5.52 Å². The molecule has 2 aromatic heterocycles. The van der Waals surface area contributed by atoms with E-state index in [4.69, 9.17) is 4.98 Å². The minimum atomic E-state index is -0.349. The lowest BCUT2D eigenvalue weighted by Gasteiger charge is -2.33. The molecule has 0 unspecified atom stereocenters. The Kier molecular flexibility index (Phi) is 5.27. The number of rotatable bonds is 4. The Morgan fingerprint density at radius 1 is 0.941 bits per heavy atom. The Morgan fingerprint density at radius 2 is 1.59 bits per heavy atom. The van der Waals surface area contributed by atoms with Crippen LogP contribution in [0, 0.1) is 0 Å². The number of aryl methyl sites for hydroxylation is 1. The quantitative estimate of drug-likeness (QED) is 0.283. The number of hydrogen-bond donors (Lipinski definition) is 0. The Labute approximate surface area is 205 Å². The van der Waals surface area contributed by atoms with E-state index in [-0.39, 0.29) is 11.2 Å². The van der Waals surface area contributed by atoms with Crippen molar-refractivity contribution in [3.63, 3.8) is 0 Å². The summed E-state index contributed by atoms with van der Waals surface area (Å²) in [5, 5.41) is 10.1. The average Bonchev–Trinajstić information content (AvgIpc) is 3.17. The van der Waals surface area contributed by atoms with Crippen LogP contribution < -0.4 is 4.90 Å². The zero-order valence-corrected chi connectivity index (χ0v) is 20.3. The summed E-state index contributed by atoms with van der Waals surface area (Å²) in [6.07, 6.45) is 0.647. The van der Waals surface area contributed by atoms with Crippen LogP contribution in [0.15, 0.2) is 87.7 Å². The van der Waals surface area contributed by atoms with Crippen molar-refractivity contribution in [2.75, 3.05) is 4.90 Å². The second kappa shape index (κ2) is 8.45. The molecule has 0 saturated heterocycles. The highest BCUT2D eigenvalue weighted by Crippen LogP contribution is 2.48. The van der Waals surface area contributed by atoms with E-state index in [1.807, 2.05) is 84.1 Å². The molecule has 1 amide bonds. The third-order valence-corrected chi connectivity index (χ3v) is 8.37. The van der Waals surface area contributed by atoms with Gasteiger partial charge in [-0.1, -0.05) is 72.9 Å². The lowest BCUT2D eigenvalue weighted by atomic mass is 10.2. The fourth-order valence-electron chi connectivity index (χ4n) is 4.36. The van der Waals surface area contributed by atoms with E-state index in [0.717, 1.165) is 43.2 Å². The van der Waals surface area contributed by atoms with Crippen LogP contribution in [0.2, 0.25) is 0 Å². The van der Waals surface area contributed by atoms with Gasteiger partial charge >= 0.3 is 0 Å². The smallest absolute Gasteiger partial charge is 0.245 e. The maximum atomic E-state index is 13.9. The first-order chi connectivity index (χ1) is 16.7. The fraction of sp³-hybridized carbons (Fsp3) is 0.154. The van der Waals surface area contributed by atoms with Gasteiger partial charge in [0, 0.05) is 22.2 Å². The van der Waals surface area contributed by atoms with E-state index in [1.54, 1.807) is 11.8 Å². The largest absolute Gasteiger partial charge is 0.327 e. The van der Waals surface area contributed by atoms with E-state index in [0.29, 0.717) is 11.6 Å². The molecule has 6 nitrogen and oxygen atoms in total. The van der Waals surface area contributed by atoms with Crippen molar-refractivity contribution in [1.82, 2.24) is 19.7 Å². The molecule has 0 radical (unpaired) electrons. The molecule has 0 spiro atoms. The summed E-state index contributed by atoms with van der Waals surface area (Å²) in [6.45, 7) is 2.02. The number of carbonyl (C=O) groups excluding carboxylic acids is 1. The molecule has 5 aromatic rings. The molecule has 6 rings (SSSR count). The van der Waals surface area contributed by atoms with Crippen LogP contribution in [0.1, 0.15) is 13.3 Å². The third kappa shape index (κ3) is 3.36. The van der Waals surface area contributed by atoms with Gasteiger partial charge in [0.2, 0.25) is 11.1 Å². The number of benzene rings is 3. The highest BCUT2D eigenvalue weighted by atomic mass is 32.2. The van der Waals surface area contributed by atoms with Crippen molar-refractivity contribution < 1.29 is 4.79 Å². The zero-order valence-electron chi connectivity index (χ0n) is 18.7. The predicted molar refractivity (Wildman–Crippen MR) is 138 cm³/mol. The van der Waals surface area contributed by atoms with Crippen molar-refractivity contribution in [1.29, 1.82) is 0 Å². The minimum Gasteiger partial charge on any atom is -0.327 e. The Hall–Kier alpha value is -3.36. The number of carbonyl (C=O) groups is 1. The van der Waals surface area contributed by atoms with E-state index in [2.05, 4.69) is 22.3 Å². The second-order valence-electron chi connectivity index (χ2n) is 8.07. The second-order valence-corrected chi connectivity index (χ2v) is 10.3. The first-order valence-corrected chi connectivity index (χ1v) is 12.8. The van der Waals surface area contributed by atoms with Gasteiger partial charge < -0.3 is 4.57 Å².